The lowest BCUT2D eigenvalue weighted by Gasteiger charge is -2.00. The van der Waals surface area contributed by atoms with Crippen LogP contribution in [0.25, 0.3) is 5.69 Å². The van der Waals surface area contributed by atoms with E-state index in [1.165, 1.54) is 0 Å². The van der Waals surface area contributed by atoms with E-state index in [0.29, 0.717) is 0 Å². The Kier molecular flexibility index (Phi) is 2.00. The van der Waals surface area contributed by atoms with E-state index in [0.717, 1.165) is 16.9 Å². The molecule has 3 heteroatoms. The summed E-state index contributed by atoms with van der Waals surface area (Å²) in [5, 5.41) is 13.6. The van der Waals surface area contributed by atoms with Gasteiger partial charge in [-0.25, -0.2) is 4.68 Å². The van der Waals surface area contributed by atoms with Crippen LogP contribution in [0.5, 0.6) is 5.75 Å². The summed E-state index contributed by atoms with van der Waals surface area (Å²) in [4.78, 5) is 0. The van der Waals surface area contributed by atoms with E-state index in [1.807, 2.05) is 26.1 Å². The van der Waals surface area contributed by atoms with Crippen molar-refractivity contribution in [3.8, 4) is 11.4 Å². The smallest absolute Gasteiger partial charge is 0.117 e. The maximum absolute atomic E-state index is 9.31. The predicted octanol–water partition coefficient (Wildman–Crippen LogP) is 2.19. The number of aromatic nitrogens is 2. The first kappa shape index (κ1) is 8.81. The van der Waals surface area contributed by atoms with Crippen LogP contribution in [0.4, 0.5) is 0 Å². The van der Waals surface area contributed by atoms with Crippen LogP contribution in [0.15, 0.2) is 30.5 Å². The minimum absolute atomic E-state index is 0.258. The molecule has 1 aromatic carbocycles. The molecule has 0 aliphatic heterocycles. The highest BCUT2D eigenvalue weighted by Crippen LogP contribution is 2.15. The molecule has 2 rings (SSSR count). The summed E-state index contributed by atoms with van der Waals surface area (Å²) >= 11 is 0. The van der Waals surface area contributed by atoms with E-state index in [1.54, 1.807) is 22.9 Å². The summed E-state index contributed by atoms with van der Waals surface area (Å²) in [6, 6.07) is 7.04. The number of aryl methyl sites for hydroxylation is 2. The normalized spacial score (nSPS) is 10.4. The summed E-state index contributed by atoms with van der Waals surface area (Å²) in [5.74, 6) is 0.258. The molecular formula is C11H12N2O. The Morgan fingerprint density at radius 2 is 2.07 bits per heavy atom. The van der Waals surface area contributed by atoms with Crippen LogP contribution in [0.2, 0.25) is 0 Å². The number of phenols is 1. The summed E-state index contributed by atoms with van der Waals surface area (Å²) in [5.41, 5.74) is 3.03. The van der Waals surface area contributed by atoms with Gasteiger partial charge in [-0.3, -0.25) is 0 Å². The van der Waals surface area contributed by atoms with Crippen molar-refractivity contribution in [3.63, 3.8) is 0 Å². The summed E-state index contributed by atoms with van der Waals surface area (Å²) in [6.45, 7) is 3.98. The number of aromatic hydroxyl groups is 1. The van der Waals surface area contributed by atoms with Crippen LogP contribution in [0, 0.1) is 13.8 Å². The van der Waals surface area contributed by atoms with Crippen molar-refractivity contribution >= 4 is 0 Å². The Balaban J connectivity index is 2.49. The van der Waals surface area contributed by atoms with Crippen LogP contribution in [0.1, 0.15) is 11.3 Å². The third-order valence-electron chi connectivity index (χ3n) is 2.24. The largest absolute Gasteiger partial charge is 0.508 e. The molecule has 1 N–H and O–H groups in total. The first-order valence-electron chi connectivity index (χ1n) is 4.49. The van der Waals surface area contributed by atoms with Gasteiger partial charge in [0.1, 0.15) is 5.75 Å². The molecule has 0 radical (unpaired) electrons. The van der Waals surface area contributed by atoms with Gasteiger partial charge in [0.2, 0.25) is 0 Å². The zero-order valence-corrected chi connectivity index (χ0v) is 8.23. The van der Waals surface area contributed by atoms with Crippen molar-refractivity contribution in [3.05, 3.63) is 41.7 Å². The van der Waals surface area contributed by atoms with Crippen molar-refractivity contribution in [2.24, 2.45) is 0 Å². The average molecular weight is 188 g/mol. The van der Waals surface area contributed by atoms with E-state index in [9.17, 15) is 5.11 Å². The van der Waals surface area contributed by atoms with Gasteiger partial charge in [-0.1, -0.05) is 6.07 Å². The zero-order chi connectivity index (χ0) is 10.1. The maximum Gasteiger partial charge on any atom is 0.117 e. The Morgan fingerprint density at radius 1 is 1.29 bits per heavy atom. The van der Waals surface area contributed by atoms with Crippen molar-refractivity contribution in [2.75, 3.05) is 0 Å². The molecule has 14 heavy (non-hydrogen) atoms. The molecule has 0 aliphatic carbocycles. The lowest BCUT2D eigenvalue weighted by atomic mass is 10.3. The molecule has 0 aliphatic rings. The molecular weight excluding hydrogens is 176 g/mol. The molecule has 1 aromatic heterocycles. The van der Waals surface area contributed by atoms with Gasteiger partial charge < -0.3 is 5.11 Å². The van der Waals surface area contributed by atoms with Crippen molar-refractivity contribution in [2.45, 2.75) is 13.8 Å². The first-order valence-corrected chi connectivity index (χ1v) is 4.49. The molecule has 0 atom stereocenters. The molecule has 0 saturated carbocycles. The molecule has 0 amide bonds. The van der Waals surface area contributed by atoms with E-state index in [2.05, 4.69) is 5.10 Å². The van der Waals surface area contributed by atoms with E-state index < -0.39 is 0 Å². The molecule has 0 spiro atoms. The van der Waals surface area contributed by atoms with Gasteiger partial charge in [-0.15, -0.1) is 0 Å². The molecule has 0 fully saturated rings. The molecule has 2 aromatic rings. The van der Waals surface area contributed by atoms with Gasteiger partial charge in [0, 0.05) is 12.3 Å². The van der Waals surface area contributed by atoms with Crippen LogP contribution in [0.3, 0.4) is 0 Å². The highest BCUT2D eigenvalue weighted by Gasteiger charge is 2.02. The van der Waals surface area contributed by atoms with Gasteiger partial charge in [0.15, 0.2) is 0 Å². The second-order valence-electron chi connectivity index (χ2n) is 3.36. The predicted molar refractivity (Wildman–Crippen MR) is 54.7 cm³/mol. The number of nitrogens with zero attached hydrogens (tertiary/aromatic N) is 2. The summed E-state index contributed by atoms with van der Waals surface area (Å²) < 4.78 is 1.77. The van der Waals surface area contributed by atoms with E-state index in [-0.39, 0.29) is 5.75 Å². The fourth-order valence-corrected chi connectivity index (χ4v) is 1.31. The van der Waals surface area contributed by atoms with Gasteiger partial charge in [0.25, 0.3) is 0 Å². The molecule has 0 bridgehead atoms. The van der Waals surface area contributed by atoms with E-state index in [4.69, 9.17) is 0 Å². The molecule has 72 valence electrons. The number of phenolic OH excluding ortho intramolecular Hbond substituents is 1. The Morgan fingerprint density at radius 3 is 2.64 bits per heavy atom. The molecule has 0 saturated heterocycles. The summed E-state index contributed by atoms with van der Waals surface area (Å²) in [7, 11) is 0. The van der Waals surface area contributed by atoms with Crippen molar-refractivity contribution in [1.29, 1.82) is 0 Å². The second kappa shape index (κ2) is 3.18. The van der Waals surface area contributed by atoms with Gasteiger partial charge >= 0.3 is 0 Å². The van der Waals surface area contributed by atoms with Gasteiger partial charge in [-0.2, -0.15) is 5.10 Å². The fraction of sp³-hybridized carbons (Fsp3) is 0.182. The third-order valence-corrected chi connectivity index (χ3v) is 2.24. The Bertz CT molecular complexity index is 441. The molecule has 1 heterocycles. The number of benzene rings is 1. The summed E-state index contributed by atoms with van der Waals surface area (Å²) in [6.07, 6.45) is 1.95. The van der Waals surface area contributed by atoms with Gasteiger partial charge in [0.05, 0.1) is 11.4 Å². The minimum Gasteiger partial charge on any atom is -0.508 e. The van der Waals surface area contributed by atoms with Gasteiger partial charge in [-0.05, 0) is 31.5 Å². The van der Waals surface area contributed by atoms with Crippen molar-refractivity contribution in [1.82, 2.24) is 9.78 Å². The van der Waals surface area contributed by atoms with Crippen LogP contribution >= 0.6 is 0 Å². The second-order valence-corrected chi connectivity index (χ2v) is 3.36. The standard InChI is InChI=1S/C11H12N2O/c1-8-7-13(12-9(8)2)10-4-3-5-11(14)6-10/h3-7,14H,1-2H3. The zero-order valence-electron chi connectivity index (χ0n) is 8.23. The van der Waals surface area contributed by atoms with E-state index >= 15 is 0 Å². The number of hydrogen-bond donors (Lipinski definition) is 1. The molecule has 0 unspecified atom stereocenters. The average Bonchev–Trinajstić information content (AvgIpc) is 2.47. The monoisotopic (exact) mass is 188 g/mol. The van der Waals surface area contributed by atoms with Crippen LogP contribution in [-0.4, -0.2) is 14.9 Å². The number of hydrogen-bond acceptors (Lipinski definition) is 2. The Labute approximate surface area is 82.6 Å². The van der Waals surface area contributed by atoms with Crippen LogP contribution < -0.4 is 0 Å². The highest BCUT2D eigenvalue weighted by molar-refractivity contribution is 5.38. The highest BCUT2D eigenvalue weighted by atomic mass is 16.3. The fourth-order valence-electron chi connectivity index (χ4n) is 1.31. The Hall–Kier alpha value is -1.77. The quantitative estimate of drug-likeness (QED) is 0.745. The van der Waals surface area contributed by atoms with Crippen LogP contribution in [-0.2, 0) is 0 Å². The van der Waals surface area contributed by atoms with Crippen molar-refractivity contribution < 1.29 is 5.11 Å². The first-order chi connectivity index (χ1) is 6.66. The third kappa shape index (κ3) is 1.48. The minimum atomic E-state index is 0.258. The maximum atomic E-state index is 9.31. The lowest BCUT2D eigenvalue weighted by molar-refractivity contribution is 0.475. The number of rotatable bonds is 1. The molecule has 3 nitrogen and oxygen atoms in total. The SMILES string of the molecule is Cc1cn(-c2cccc(O)c2)nc1C. The topological polar surface area (TPSA) is 38.0 Å². The lowest BCUT2D eigenvalue weighted by Crippen LogP contribution is -1.93.